The Morgan fingerprint density at radius 2 is 1.57 bits per heavy atom. The predicted molar refractivity (Wildman–Crippen MR) is 167 cm³/mol. The molecule has 0 aliphatic heterocycles. The minimum atomic E-state index is -0.531. The third-order valence-corrected chi connectivity index (χ3v) is 7.14. The number of thioether (sulfide) groups is 1. The van der Waals surface area contributed by atoms with Crippen molar-refractivity contribution < 1.29 is 23.9 Å². The van der Waals surface area contributed by atoms with Gasteiger partial charge in [-0.25, -0.2) is 0 Å². The molecule has 4 rings (SSSR count). The average molecular weight is 582 g/mol. The number of carbonyl (C=O) groups is 3. The number of nitrogens with one attached hydrogen (secondary N) is 3. The standard InChI is InChI=1S/C33H31N3O5S/c1-22-10-7-8-15-28(22)35-31(37)21-42-27-14-9-13-25(19-27)34-33(39)29(36-32(38)23-11-5-4-6-12-23)18-24-16-17-26(40-2)20-30(24)41-3/h4-20H,21H2,1-3H3,(H,34,39)(H,35,37)(H,36,38)/b29-18+. The van der Waals surface area contributed by atoms with Crippen LogP contribution >= 0.6 is 11.8 Å². The molecule has 3 amide bonds. The van der Waals surface area contributed by atoms with E-state index in [-0.39, 0.29) is 17.4 Å². The second kappa shape index (κ2) is 14.6. The van der Waals surface area contributed by atoms with Gasteiger partial charge in [0.2, 0.25) is 5.91 Å². The summed E-state index contributed by atoms with van der Waals surface area (Å²) in [5.74, 6) is 0.152. The fourth-order valence-electron chi connectivity index (χ4n) is 3.95. The van der Waals surface area contributed by atoms with Gasteiger partial charge in [0, 0.05) is 33.5 Å². The number of aryl methyl sites for hydroxylation is 1. The van der Waals surface area contributed by atoms with Gasteiger partial charge in [0.15, 0.2) is 0 Å². The maximum atomic E-state index is 13.5. The molecule has 0 aromatic heterocycles. The van der Waals surface area contributed by atoms with Gasteiger partial charge in [-0.15, -0.1) is 11.8 Å². The summed E-state index contributed by atoms with van der Waals surface area (Å²) >= 11 is 1.35. The van der Waals surface area contributed by atoms with Crippen molar-refractivity contribution in [2.75, 3.05) is 30.6 Å². The molecule has 0 saturated carbocycles. The molecule has 8 nitrogen and oxygen atoms in total. The van der Waals surface area contributed by atoms with E-state index in [1.165, 1.54) is 18.9 Å². The zero-order valence-corrected chi connectivity index (χ0v) is 24.3. The van der Waals surface area contributed by atoms with Crippen molar-refractivity contribution in [3.63, 3.8) is 0 Å². The number of para-hydroxylation sites is 1. The molecule has 0 atom stereocenters. The molecule has 0 bridgehead atoms. The molecule has 42 heavy (non-hydrogen) atoms. The summed E-state index contributed by atoms with van der Waals surface area (Å²) in [7, 11) is 3.06. The van der Waals surface area contributed by atoms with E-state index in [4.69, 9.17) is 9.47 Å². The van der Waals surface area contributed by atoms with Gasteiger partial charge >= 0.3 is 0 Å². The third kappa shape index (κ3) is 8.25. The molecule has 9 heteroatoms. The monoisotopic (exact) mass is 581 g/mol. The molecular weight excluding hydrogens is 550 g/mol. The summed E-state index contributed by atoms with van der Waals surface area (Å²) in [6, 6.07) is 28.5. The summed E-state index contributed by atoms with van der Waals surface area (Å²) in [6.07, 6.45) is 1.54. The van der Waals surface area contributed by atoms with Crippen LogP contribution in [0.5, 0.6) is 11.5 Å². The molecule has 3 N–H and O–H groups in total. The van der Waals surface area contributed by atoms with Gasteiger partial charge in [-0.2, -0.15) is 0 Å². The lowest BCUT2D eigenvalue weighted by Crippen LogP contribution is -2.30. The van der Waals surface area contributed by atoms with E-state index in [0.717, 1.165) is 16.1 Å². The Morgan fingerprint density at radius 3 is 2.31 bits per heavy atom. The fraction of sp³-hybridized carbons (Fsp3) is 0.121. The van der Waals surface area contributed by atoms with E-state index in [1.807, 2.05) is 37.3 Å². The highest BCUT2D eigenvalue weighted by molar-refractivity contribution is 8.00. The summed E-state index contributed by atoms with van der Waals surface area (Å²) in [4.78, 5) is 39.8. The van der Waals surface area contributed by atoms with Gasteiger partial charge in [-0.3, -0.25) is 14.4 Å². The molecule has 0 radical (unpaired) electrons. The molecule has 0 saturated heterocycles. The number of rotatable bonds is 11. The van der Waals surface area contributed by atoms with Crippen LogP contribution in [0.3, 0.4) is 0 Å². The maximum absolute atomic E-state index is 13.5. The van der Waals surface area contributed by atoms with Crippen LogP contribution in [0.1, 0.15) is 21.5 Å². The SMILES string of the molecule is COc1ccc(/C=C(/NC(=O)c2ccccc2)C(=O)Nc2cccc(SCC(=O)Nc3ccccc3C)c2)c(OC)c1. The number of ether oxygens (including phenoxy) is 2. The summed E-state index contributed by atoms with van der Waals surface area (Å²) in [5, 5.41) is 8.50. The molecule has 0 fully saturated rings. The lowest BCUT2D eigenvalue weighted by atomic mass is 10.1. The van der Waals surface area contributed by atoms with E-state index in [2.05, 4.69) is 16.0 Å². The highest BCUT2D eigenvalue weighted by Gasteiger charge is 2.17. The first-order valence-corrected chi connectivity index (χ1v) is 14.0. The lowest BCUT2D eigenvalue weighted by Gasteiger charge is -2.13. The van der Waals surface area contributed by atoms with Crippen LogP contribution in [-0.4, -0.2) is 37.7 Å². The van der Waals surface area contributed by atoms with Gasteiger partial charge in [0.05, 0.1) is 20.0 Å². The van der Waals surface area contributed by atoms with Crippen molar-refractivity contribution in [1.82, 2.24) is 5.32 Å². The Labute approximate surface area is 249 Å². The van der Waals surface area contributed by atoms with E-state index in [1.54, 1.807) is 79.9 Å². The number of carbonyl (C=O) groups excluding carboxylic acids is 3. The molecule has 0 heterocycles. The number of benzene rings is 4. The predicted octanol–water partition coefficient (Wildman–Crippen LogP) is 6.15. The van der Waals surface area contributed by atoms with Crippen LogP contribution < -0.4 is 25.4 Å². The molecule has 0 spiro atoms. The second-order valence-electron chi connectivity index (χ2n) is 9.12. The largest absolute Gasteiger partial charge is 0.497 e. The number of amides is 3. The van der Waals surface area contributed by atoms with Crippen LogP contribution in [0, 0.1) is 6.92 Å². The Balaban J connectivity index is 1.51. The fourth-order valence-corrected chi connectivity index (χ4v) is 4.70. The Hall–Kier alpha value is -5.02. The highest BCUT2D eigenvalue weighted by Crippen LogP contribution is 2.27. The van der Waals surface area contributed by atoms with Crippen LogP contribution in [0.25, 0.3) is 6.08 Å². The highest BCUT2D eigenvalue weighted by atomic mass is 32.2. The van der Waals surface area contributed by atoms with Gasteiger partial charge in [-0.1, -0.05) is 42.5 Å². The minimum absolute atomic E-state index is 0.0167. The Morgan fingerprint density at radius 1 is 0.810 bits per heavy atom. The first-order chi connectivity index (χ1) is 20.4. The van der Waals surface area contributed by atoms with Crippen molar-refractivity contribution >= 4 is 46.9 Å². The molecule has 0 unspecified atom stereocenters. The smallest absolute Gasteiger partial charge is 0.272 e. The van der Waals surface area contributed by atoms with Crippen LogP contribution in [0.15, 0.2) is 108 Å². The average Bonchev–Trinajstić information content (AvgIpc) is 3.01. The minimum Gasteiger partial charge on any atom is -0.497 e. The van der Waals surface area contributed by atoms with E-state index in [0.29, 0.717) is 28.3 Å². The van der Waals surface area contributed by atoms with Gasteiger partial charge in [-0.05, 0) is 67.1 Å². The quantitative estimate of drug-likeness (QED) is 0.145. The second-order valence-corrected chi connectivity index (χ2v) is 10.2. The molecular formula is C33H31N3O5S. The first kappa shape index (κ1) is 30.0. The number of methoxy groups -OCH3 is 2. The molecule has 4 aromatic carbocycles. The van der Waals surface area contributed by atoms with Crippen molar-refractivity contribution in [2.45, 2.75) is 11.8 Å². The van der Waals surface area contributed by atoms with Crippen molar-refractivity contribution in [3.05, 3.63) is 119 Å². The Kier molecular flexibility index (Phi) is 10.4. The topological polar surface area (TPSA) is 106 Å². The van der Waals surface area contributed by atoms with Gasteiger partial charge < -0.3 is 25.4 Å². The molecule has 4 aromatic rings. The third-order valence-electron chi connectivity index (χ3n) is 6.15. The lowest BCUT2D eigenvalue weighted by molar-refractivity contribution is -0.114. The van der Waals surface area contributed by atoms with E-state index < -0.39 is 11.8 Å². The number of hydrogen-bond acceptors (Lipinski definition) is 6. The summed E-state index contributed by atoms with van der Waals surface area (Å²) < 4.78 is 10.7. The van der Waals surface area contributed by atoms with Gasteiger partial charge in [0.1, 0.15) is 17.2 Å². The zero-order valence-electron chi connectivity index (χ0n) is 23.5. The van der Waals surface area contributed by atoms with Crippen molar-refractivity contribution in [2.24, 2.45) is 0 Å². The van der Waals surface area contributed by atoms with Gasteiger partial charge in [0.25, 0.3) is 11.8 Å². The Bertz CT molecular complexity index is 1600. The molecule has 214 valence electrons. The number of hydrogen-bond donors (Lipinski definition) is 3. The summed E-state index contributed by atoms with van der Waals surface area (Å²) in [5.41, 5.74) is 3.25. The molecule has 0 aliphatic carbocycles. The van der Waals surface area contributed by atoms with Crippen molar-refractivity contribution in [1.29, 1.82) is 0 Å². The zero-order chi connectivity index (χ0) is 29.9. The summed E-state index contributed by atoms with van der Waals surface area (Å²) in [6.45, 7) is 1.94. The van der Waals surface area contributed by atoms with Crippen molar-refractivity contribution in [3.8, 4) is 11.5 Å². The van der Waals surface area contributed by atoms with Crippen LogP contribution in [-0.2, 0) is 9.59 Å². The number of anilines is 2. The van der Waals surface area contributed by atoms with E-state index >= 15 is 0 Å². The normalized spacial score (nSPS) is 10.9. The van der Waals surface area contributed by atoms with E-state index in [9.17, 15) is 14.4 Å². The van der Waals surface area contributed by atoms with Crippen LogP contribution in [0.2, 0.25) is 0 Å². The first-order valence-electron chi connectivity index (χ1n) is 13.1. The molecule has 0 aliphatic rings. The maximum Gasteiger partial charge on any atom is 0.272 e. The van der Waals surface area contributed by atoms with Crippen LogP contribution in [0.4, 0.5) is 11.4 Å².